The van der Waals surface area contributed by atoms with Crippen molar-refractivity contribution in [1.29, 1.82) is 0 Å². The summed E-state index contributed by atoms with van der Waals surface area (Å²) >= 11 is 8.48. The van der Waals surface area contributed by atoms with E-state index in [0.717, 1.165) is 9.13 Å². The summed E-state index contributed by atoms with van der Waals surface area (Å²) in [6.07, 6.45) is 1.72. The Hall–Kier alpha value is -3.61. The van der Waals surface area contributed by atoms with Gasteiger partial charge in [-0.2, -0.15) is 0 Å². The summed E-state index contributed by atoms with van der Waals surface area (Å²) in [6, 6.07) is 18.0. The molecule has 3 aromatic carbocycles. The second-order valence-electron chi connectivity index (χ2n) is 8.71. The topological polar surface area (TPSA) is 116 Å². The molecule has 0 unspecified atom stereocenters. The molecule has 0 saturated heterocycles. The quantitative estimate of drug-likeness (QED) is 0.155. The highest BCUT2D eigenvalue weighted by Crippen LogP contribution is 2.34. The molecule has 4 N–H and O–H groups in total. The molecule has 0 bridgehead atoms. The molecule has 5 aromatic rings. The third-order valence-electron chi connectivity index (χ3n) is 6.22. The first kappa shape index (κ1) is 27.0. The SMILES string of the molecule is O=c1[nH]c(-c2ccc(OCCO)cc2)c(O)n1[C@H](Cc1ccccc1Cl)c1ncc(-c2ccc(I)cc2F)[nH]1. The lowest BCUT2D eigenvalue weighted by atomic mass is 10.0. The molecular formula is C28H23ClFIN4O4. The van der Waals surface area contributed by atoms with Crippen molar-refractivity contribution in [3.05, 3.63) is 109 Å². The van der Waals surface area contributed by atoms with Gasteiger partial charge in [-0.1, -0.05) is 29.8 Å². The van der Waals surface area contributed by atoms with E-state index in [1.165, 1.54) is 16.8 Å². The largest absolute Gasteiger partial charge is 0.493 e. The average Bonchev–Trinajstić information content (AvgIpc) is 3.52. The van der Waals surface area contributed by atoms with Crippen molar-refractivity contribution >= 4 is 34.2 Å². The number of hydrogen-bond acceptors (Lipinski definition) is 5. The Bertz CT molecular complexity index is 1670. The van der Waals surface area contributed by atoms with Gasteiger partial charge in [0.1, 0.15) is 35.7 Å². The standard InChI is InChI=1S/C28H23ClFIN4O4/c29-21-4-2-1-3-17(21)13-24(26-32-15-23(33-26)20-10-7-18(31)14-22(20)30)35-27(37)25(34-28(35)38)16-5-8-19(9-6-16)39-12-11-36/h1-10,14-15,24,36-37H,11-13H2,(H,32,33)(H,34,38)/t24-/m1/s1. The van der Waals surface area contributed by atoms with Gasteiger partial charge in [0.2, 0.25) is 5.88 Å². The number of ether oxygens (including phenoxy) is 1. The molecule has 0 spiro atoms. The Balaban J connectivity index is 1.57. The summed E-state index contributed by atoms with van der Waals surface area (Å²) in [7, 11) is 0. The Morgan fingerprint density at radius 2 is 1.87 bits per heavy atom. The molecule has 0 aliphatic carbocycles. The maximum atomic E-state index is 14.7. The number of aromatic amines is 2. The lowest BCUT2D eigenvalue weighted by Crippen LogP contribution is -2.25. The van der Waals surface area contributed by atoms with Gasteiger partial charge in [0.15, 0.2) is 0 Å². The van der Waals surface area contributed by atoms with Gasteiger partial charge in [-0.15, -0.1) is 0 Å². The number of aliphatic hydroxyl groups is 1. The van der Waals surface area contributed by atoms with Gasteiger partial charge in [0, 0.05) is 26.1 Å². The van der Waals surface area contributed by atoms with E-state index in [2.05, 4.69) is 15.0 Å². The van der Waals surface area contributed by atoms with Gasteiger partial charge < -0.3 is 24.9 Å². The van der Waals surface area contributed by atoms with E-state index < -0.39 is 17.5 Å². The van der Waals surface area contributed by atoms with Gasteiger partial charge >= 0.3 is 5.69 Å². The minimum Gasteiger partial charge on any atom is -0.493 e. The van der Waals surface area contributed by atoms with E-state index in [-0.39, 0.29) is 31.2 Å². The van der Waals surface area contributed by atoms with Crippen molar-refractivity contribution in [2.45, 2.75) is 12.5 Å². The number of aliphatic hydroxyl groups excluding tert-OH is 1. The smallest absolute Gasteiger partial charge is 0.329 e. The fraction of sp³-hybridized carbons (Fsp3) is 0.143. The van der Waals surface area contributed by atoms with Gasteiger partial charge in [0.05, 0.1) is 18.5 Å². The number of nitrogens with zero attached hydrogens (tertiary/aromatic N) is 2. The number of H-pyrrole nitrogens is 2. The molecule has 200 valence electrons. The molecule has 39 heavy (non-hydrogen) atoms. The second kappa shape index (κ2) is 11.6. The van der Waals surface area contributed by atoms with Crippen molar-refractivity contribution in [1.82, 2.24) is 19.5 Å². The molecule has 5 rings (SSSR count). The lowest BCUT2D eigenvalue weighted by Gasteiger charge is -2.18. The number of nitrogens with one attached hydrogen (secondary N) is 2. The highest BCUT2D eigenvalue weighted by Gasteiger charge is 2.27. The van der Waals surface area contributed by atoms with Crippen molar-refractivity contribution in [2.75, 3.05) is 13.2 Å². The fourth-order valence-electron chi connectivity index (χ4n) is 4.34. The number of aromatic nitrogens is 4. The summed E-state index contributed by atoms with van der Waals surface area (Å²) in [6.45, 7) is 0.0367. The molecule has 0 aliphatic heterocycles. The highest BCUT2D eigenvalue weighted by molar-refractivity contribution is 14.1. The molecule has 0 aliphatic rings. The average molecular weight is 661 g/mol. The number of halogens is 3. The third kappa shape index (κ3) is 5.72. The maximum absolute atomic E-state index is 14.7. The summed E-state index contributed by atoms with van der Waals surface area (Å²) < 4.78 is 22.1. The summed E-state index contributed by atoms with van der Waals surface area (Å²) in [5.41, 5.74) is 1.72. The molecule has 11 heteroatoms. The van der Waals surface area contributed by atoms with Gasteiger partial charge in [-0.3, -0.25) is 4.57 Å². The van der Waals surface area contributed by atoms with Crippen molar-refractivity contribution in [3.63, 3.8) is 0 Å². The van der Waals surface area contributed by atoms with Gasteiger partial charge in [-0.25, -0.2) is 14.2 Å². The first-order valence-electron chi connectivity index (χ1n) is 12.0. The molecular weight excluding hydrogens is 638 g/mol. The molecule has 0 saturated carbocycles. The van der Waals surface area contributed by atoms with Crippen LogP contribution in [-0.2, 0) is 6.42 Å². The van der Waals surface area contributed by atoms with Crippen LogP contribution in [0.5, 0.6) is 11.6 Å². The Kier molecular flexibility index (Phi) is 8.05. The van der Waals surface area contributed by atoms with Crippen LogP contribution in [0.4, 0.5) is 4.39 Å². The lowest BCUT2D eigenvalue weighted by molar-refractivity contribution is 0.201. The van der Waals surface area contributed by atoms with Crippen LogP contribution in [0.15, 0.2) is 77.7 Å². The Morgan fingerprint density at radius 3 is 2.59 bits per heavy atom. The Morgan fingerprint density at radius 1 is 1.10 bits per heavy atom. The van der Waals surface area contributed by atoms with E-state index in [0.29, 0.717) is 33.4 Å². The molecule has 1 atom stereocenters. The van der Waals surface area contributed by atoms with Crippen molar-refractivity contribution in [3.8, 4) is 34.1 Å². The van der Waals surface area contributed by atoms with Crippen LogP contribution in [0.25, 0.3) is 22.5 Å². The third-order valence-corrected chi connectivity index (χ3v) is 7.26. The molecule has 8 nitrogen and oxygen atoms in total. The minimum atomic E-state index is -0.796. The van der Waals surface area contributed by atoms with E-state index in [1.54, 1.807) is 48.5 Å². The number of aromatic hydroxyl groups is 1. The van der Waals surface area contributed by atoms with Crippen LogP contribution < -0.4 is 10.4 Å². The van der Waals surface area contributed by atoms with Crippen LogP contribution in [-0.4, -0.2) is 42.9 Å². The van der Waals surface area contributed by atoms with Gasteiger partial charge in [-0.05, 0) is 76.7 Å². The van der Waals surface area contributed by atoms with E-state index in [9.17, 15) is 14.3 Å². The van der Waals surface area contributed by atoms with Crippen molar-refractivity contribution in [2.24, 2.45) is 0 Å². The van der Waals surface area contributed by atoms with E-state index in [4.69, 9.17) is 21.4 Å². The molecule has 0 fully saturated rings. The molecule has 0 amide bonds. The summed E-state index contributed by atoms with van der Waals surface area (Å²) in [5, 5.41) is 20.7. The fourth-order valence-corrected chi connectivity index (χ4v) is 5.01. The van der Waals surface area contributed by atoms with E-state index in [1.807, 2.05) is 34.7 Å². The van der Waals surface area contributed by atoms with Gasteiger partial charge in [0.25, 0.3) is 0 Å². The zero-order valence-electron chi connectivity index (χ0n) is 20.4. The maximum Gasteiger partial charge on any atom is 0.329 e. The number of imidazole rings is 2. The van der Waals surface area contributed by atoms with Crippen LogP contribution in [0.2, 0.25) is 5.02 Å². The predicted molar refractivity (Wildman–Crippen MR) is 155 cm³/mol. The zero-order valence-corrected chi connectivity index (χ0v) is 23.3. The zero-order chi connectivity index (χ0) is 27.5. The van der Waals surface area contributed by atoms with Crippen LogP contribution in [0.3, 0.4) is 0 Å². The molecule has 2 aromatic heterocycles. The summed E-state index contributed by atoms with van der Waals surface area (Å²) in [4.78, 5) is 23.6. The molecule has 0 radical (unpaired) electrons. The van der Waals surface area contributed by atoms with Crippen molar-refractivity contribution < 1.29 is 19.3 Å². The number of benzene rings is 3. The first-order valence-corrected chi connectivity index (χ1v) is 13.4. The molecule has 2 heterocycles. The monoisotopic (exact) mass is 660 g/mol. The van der Waals surface area contributed by atoms with Crippen LogP contribution in [0, 0.1) is 9.39 Å². The normalized spacial score (nSPS) is 12.0. The first-order chi connectivity index (χ1) is 18.9. The van der Waals surface area contributed by atoms with Crippen LogP contribution in [0.1, 0.15) is 17.4 Å². The number of hydrogen-bond donors (Lipinski definition) is 4. The van der Waals surface area contributed by atoms with E-state index >= 15 is 0 Å². The second-order valence-corrected chi connectivity index (χ2v) is 10.4. The predicted octanol–water partition coefficient (Wildman–Crippen LogP) is 5.54. The Labute approximate surface area is 241 Å². The number of rotatable bonds is 9. The van der Waals surface area contributed by atoms with Crippen LogP contribution >= 0.6 is 34.2 Å². The highest BCUT2D eigenvalue weighted by atomic mass is 127. The minimum absolute atomic E-state index is 0.115. The summed E-state index contributed by atoms with van der Waals surface area (Å²) in [5.74, 6) is 0.185.